The third-order valence-corrected chi connectivity index (χ3v) is 5.60. The fourth-order valence-electron chi connectivity index (χ4n) is 2.99. The number of halogens is 2. The standard InChI is InChI=1S/C17H25FN2O3S.ClH/c1-12(14-4-5-16(15(18)11-14)24(2,22)23)20-17(21)6-3-13-7-9-19-10-8-13;/h4-5,11-13,19H,3,6-10H2,1-2H3,(H,20,21);1H. The molecule has 1 heterocycles. The highest BCUT2D eigenvalue weighted by Crippen LogP contribution is 2.21. The van der Waals surface area contributed by atoms with Gasteiger partial charge in [0.05, 0.1) is 6.04 Å². The Balaban J connectivity index is 0.00000312. The number of hydrogen-bond acceptors (Lipinski definition) is 4. The molecular weight excluding hydrogens is 367 g/mol. The molecule has 0 spiro atoms. The minimum Gasteiger partial charge on any atom is -0.350 e. The van der Waals surface area contributed by atoms with E-state index in [9.17, 15) is 17.6 Å². The van der Waals surface area contributed by atoms with Crippen molar-refractivity contribution in [2.24, 2.45) is 5.92 Å². The minimum absolute atomic E-state index is 0. The lowest BCUT2D eigenvalue weighted by molar-refractivity contribution is -0.122. The summed E-state index contributed by atoms with van der Waals surface area (Å²) < 4.78 is 36.8. The van der Waals surface area contributed by atoms with E-state index in [1.807, 2.05) is 0 Å². The van der Waals surface area contributed by atoms with Crippen molar-refractivity contribution in [3.8, 4) is 0 Å². The Hall–Kier alpha value is -1.18. The number of amides is 1. The molecule has 2 N–H and O–H groups in total. The van der Waals surface area contributed by atoms with E-state index >= 15 is 0 Å². The van der Waals surface area contributed by atoms with Crippen LogP contribution in [0, 0.1) is 11.7 Å². The average Bonchev–Trinajstić information content (AvgIpc) is 2.52. The molecule has 0 aromatic heterocycles. The fraction of sp³-hybridized carbons (Fsp3) is 0.588. The predicted octanol–water partition coefficient (Wildman–Crippen LogP) is 2.61. The van der Waals surface area contributed by atoms with Gasteiger partial charge in [-0.3, -0.25) is 4.79 Å². The van der Waals surface area contributed by atoms with Crippen molar-refractivity contribution in [2.75, 3.05) is 19.3 Å². The van der Waals surface area contributed by atoms with Crippen LogP contribution in [0.4, 0.5) is 4.39 Å². The van der Waals surface area contributed by atoms with E-state index in [-0.39, 0.29) is 29.3 Å². The van der Waals surface area contributed by atoms with Gasteiger partial charge in [0, 0.05) is 12.7 Å². The molecule has 1 aromatic carbocycles. The first kappa shape index (κ1) is 21.9. The van der Waals surface area contributed by atoms with Crippen molar-refractivity contribution in [1.82, 2.24) is 10.6 Å². The van der Waals surface area contributed by atoms with Gasteiger partial charge >= 0.3 is 0 Å². The molecule has 142 valence electrons. The van der Waals surface area contributed by atoms with Gasteiger partial charge in [0.15, 0.2) is 9.84 Å². The summed E-state index contributed by atoms with van der Waals surface area (Å²) in [5.41, 5.74) is 0.551. The van der Waals surface area contributed by atoms with E-state index in [2.05, 4.69) is 10.6 Å². The fourth-order valence-corrected chi connectivity index (χ4v) is 3.72. The summed E-state index contributed by atoms with van der Waals surface area (Å²) in [5, 5.41) is 6.15. The van der Waals surface area contributed by atoms with Crippen LogP contribution in [0.1, 0.15) is 44.2 Å². The summed E-state index contributed by atoms with van der Waals surface area (Å²) in [6.07, 6.45) is 4.49. The van der Waals surface area contributed by atoms with Crippen LogP contribution in [0.15, 0.2) is 23.1 Å². The second kappa shape index (κ2) is 9.50. The number of carbonyl (C=O) groups is 1. The second-order valence-corrected chi connectivity index (χ2v) is 8.47. The molecule has 1 aliphatic rings. The van der Waals surface area contributed by atoms with Crippen LogP contribution >= 0.6 is 12.4 Å². The smallest absolute Gasteiger partial charge is 0.220 e. The highest BCUT2D eigenvalue weighted by molar-refractivity contribution is 7.90. The Morgan fingerprint density at radius 3 is 2.56 bits per heavy atom. The van der Waals surface area contributed by atoms with E-state index in [4.69, 9.17) is 0 Å². The maximum absolute atomic E-state index is 13.9. The molecule has 8 heteroatoms. The Labute approximate surface area is 155 Å². The minimum atomic E-state index is -3.59. The number of sulfone groups is 1. The lowest BCUT2D eigenvalue weighted by atomic mass is 9.93. The summed E-state index contributed by atoms with van der Waals surface area (Å²) in [7, 11) is -3.59. The van der Waals surface area contributed by atoms with Crippen LogP contribution in [0.2, 0.25) is 0 Å². The molecule has 2 rings (SSSR count). The normalized spacial score (nSPS) is 16.8. The van der Waals surface area contributed by atoms with Crippen LogP contribution in [-0.2, 0) is 14.6 Å². The molecule has 0 aliphatic carbocycles. The number of benzene rings is 1. The van der Waals surface area contributed by atoms with Crippen molar-refractivity contribution in [1.29, 1.82) is 0 Å². The molecule has 25 heavy (non-hydrogen) atoms. The number of nitrogens with one attached hydrogen (secondary N) is 2. The average molecular weight is 393 g/mol. The van der Waals surface area contributed by atoms with Gasteiger partial charge in [-0.15, -0.1) is 12.4 Å². The van der Waals surface area contributed by atoms with Crippen molar-refractivity contribution >= 4 is 28.2 Å². The van der Waals surface area contributed by atoms with Crippen molar-refractivity contribution in [3.63, 3.8) is 0 Å². The first-order valence-corrected chi connectivity index (χ1v) is 10.2. The molecule has 5 nitrogen and oxygen atoms in total. The molecule has 1 aromatic rings. The third kappa shape index (κ3) is 6.56. The number of piperidine rings is 1. The van der Waals surface area contributed by atoms with Gasteiger partial charge in [-0.1, -0.05) is 6.07 Å². The summed E-state index contributed by atoms with van der Waals surface area (Å²) in [6.45, 7) is 3.78. The Kier molecular flexibility index (Phi) is 8.31. The van der Waals surface area contributed by atoms with Crippen molar-refractivity contribution < 1.29 is 17.6 Å². The third-order valence-electron chi connectivity index (χ3n) is 4.47. The van der Waals surface area contributed by atoms with E-state index in [0.29, 0.717) is 17.9 Å². The molecule has 0 saturated carbocycles. The zero-order valence-corrected chi connectivity index (χ0v) is 16.2. The van der Waals surface area contributed by atoms with Gasteiger partial charge in [0.25, 0.3) is 0 Å². The zero-order valence-electron chi connectivity index (χ0n) is 14.5. The Morgan fingerprint density at radius 1 is 1.36 bits per heavy atom. The van der Waals surface area contributed by atoms with Gasteiger partial charge in [-0.05, 0) is 62.9 Å². The maximum Gasteiger partial charge on any atom is 0.220 e. The Morgan fingerprint density at radius 2 is 2.00 bits per heavy atom. The lowest BCUT2D eigenvalue weighted by Crippen LogP contribution is -2.30. The molecule has 1 amide bonds. The number of rotatable bonds is 6. The van der Waals surface area contributed by atoms with E-state index < -0.39 is 15.7 Å². The SMILES string of the molecule is CC(NC(=O)CCC1CCNCC1)c1ccc(S(C)(=O)=O)c(F)c1.Cl. The highest BCUT2D eigenvalue weighted by Gasteiger charge is 2.18. The quantitative estimate of drug-likeness (QED) is 0.780. The highest BCUT2D eigenvalue weighted by atomic mass is 35.5. The maximum atomic E-state index is 13.9. The zero-order chi connectivity index (χ0) is 17.7. The summed E-state index contributed by atoms with van der Waals surface area (Å²) in [4.78, 5) is 11.7. The van der Waals surface area contributed by atoms with Crippen LogP contribution in [-0.4, -0.2) is 33.7 Å². The lowest BCUT2D eigenvalue weighted by Gasteiger charge is -2.22. The second-order valence-electron chi connectivity index (χ2n) is 6.48. The van der Waals surface area contributed by atoms with Gasteiger partial charge in [0.1, 0.15) is 10.7 Å². The molecular formula is C17H26ClFN2O3S. The number of hydrogen-bond donors (Lipinski definition) is 2. The van der Waals surface area contributed by atoms with Gasteiger partial charge in [-0.25, -0.2) is 12.8 Å². The summed E-state index contributed by atoms with van der Waals surface area (Å²) in [6, 6.07) is 3.59. The van der Waals surface area contributed by atoms with E-state index in [0.717, 1.165) is 38.6 Å². The molecule has 1 aliphatic heterocycles. The molecule has 1 saturated heterocycles. The van der Waals surface area contributed by atoms with Crippen molar-refractivity contribution in [2.45, 2.75) is 43.5 Å². The van der Waals surface area contributed by atoms with Crippen LogP contribution in [0.5, 0.6) is 0 Å². The molecule has 1 unspecified atom stereocenters. The predicted molar refractivity (Wildman–Crippen MR) is 98.1 cm³/mol. The molecule has 0 bridgehead atoms. The van der Waals surface area contributed by atoms with Crippen molar-refractivity contribution in [3.05, 3.63) is 29.6 Å². The largest absolute Gasteiger partial charge is 0.350 e. The topological polar surface area (TPSA) is 75.3 Å². The molecule has 1 atom stereocenters. The van der Waals surface area contributed by atoms with Crippen LogP contribution in [0.25, 0.3) is 0 Å². The van der Waals surface area contributed by atoms with Crippen LogP contribution in [0.3, 0.4) is 0 Å². The Bertz CT molecular complexity index is 691. The first-order valence-electron chi connectivity index (χ1n) is 8.27. The number of carbonyl (C=O) groups excluding carboxylic acids is 1. The van der Waals surface area contributed by atoms with Crippen LogP contribution < -0.4 is 10.6 Å². The van der Waals surface area contributed by atoms with Gasteiger partial charge in [-0.2, -0.15) is 0 Å². The molecule has 1 fully saturated rings. The van der Waals surface area contributed by atoms with Gasteiger partial charge < -0.3 is 10.6 Å². The summed E-state index contributed by atoms with van der Waals surface area (Å²) in [5.74, 6) is -0.266. The van der Waals surface area contributed by atoms with E-state index in [1.165, 1.54) is 18.2 Å². The summed E-state index contributed by atoms with van der Waals surface area (Å²) >= 11 is 0. The first-order chi connectivity index (χ1) is 11.3. The van der Waals surface area contributed by atoms with Gasteiger partial charge in [0.2, 0.25) is 5.91 Å². The monoisotopic (exact) mass is 392 g/mol. The molecule has 0 radical (unpaired) electrons. The van der Waals surface area contributed by atoms with E-state index in [1.54, 1.807) is 6.92 Å².